The van der Waals surface area contributed by atoms with Crippen LogP contribution in [0.25, 0.3) is 44.5 Å². The summed E-state index contributed by atoms with van der Waals surface area (Å²) < 4.78 is 0. The highest BCUT2D eigenvalue weighted by Crippen LogP contribution is 2.57. The van der Waals surface area contributed by atoms with Gasteiger partial charge >= 0.3 is 0 Å². The second-order valence-electron chi connectivity index (χ2n) is 18.0. The third-order valence-corrected chi connectivity index (χ3v) is 14.5. The number of anilines is 3. The number of rotatable bonds is 8. The van der Waals surface area contributed by atoms with Crippen LogP contribution >= 0.6 is 0 Å². The lowest BCUT2D eigenvalue weighted by Crippen LogP contribution is -2.28. The minimum Gasteiger partial charge on any atom is -0.310 e. The van der Waals surface area contributed by atoms with Crippen LogP contribution in [-0.2, 0) is 31.1 Å². The molecule has 64 heavy (non-hydrogen) atoms. The Hall–Kier alpha value is -7.22. The van der Waals surface area contributed by atoms with Crippen molar-refractivity contribution in [1.82, 2.24) is 0 Å². The molecule has 0 spiro atoms. The van der Waals surface area contributed by atoms with Gasteiger partial charge in [-0.3, -0.25) is 0 Å². The third-order valence-electron chi connectivity index (χ3n) is 14.5. The Kier molecular flexibility index (Phi) is 9.71. The second kappa shape index (κ2) is 16.2. The number of hydrogen-bond donors (Lipinski definition) is 0. The van der Waals surface area contributed by atoms with Crippen molar-refractivity contribution in [3.63, 3.8) is 0 Å². The lowest BCUT2D eigenvalue weighted by atomic mass is 9.67. The first-order valence-electron chi connectivity index (χ1n) is 23.4. The smallest absolute Gasteiger partial charge is 0.0713 e. The van der Waals surface area contributed by atoms with E-state index in [-0.39, 0.29) is 0 Å². The summed E-state index contributed by atoms with van der Waals surface area (Å²) in [6.07, 6.45) is 9.42. The highest BCUT2D eigenvalue weighted by molar-refractivity contribution is 5.91. The van der Waals surface area contributed by atoms with Crippen molar-refractivity contribution in [1.29, 1.82) is 0 Å². The van der Waals surface area contributed by atoms with Crippen molar-refractivity contribution < 1.29 is 0 Å². The molecule has 0 unspecified atom stereocenters. The topological polar surface area (TPSA) is 3.24 Å². The standard InChI is InChI=1S/C63H51N/c1-5-19-44(20-6-1)45-33-38-51(39-34-45)64(62-57-30-15-13-28-55(57)61(47-21-7-2-8-22-47)56-29-14-16-31-58(56)62)52-40-35-46(36-41-52)48-37-42-54-53-27-17-18-32-59(53)63(60(54)43-48,49-23-9-3-10-24-49)50-25-11-4-12-26-50/h1-12,17-27,32-43H,13-16,28-31H2. The van der Waals surface area contributed by atoms with E-state index in [0.29, 0.717) is 0 Å². The molecule has 0 saturated carbocycles. The largest absolute Gasteiger partial charge is 0.310 e. The van der Waals surface area contributed by atoms with E-state index < -0.39 is 5.41 Å². The highest BCUT2D eigenvalue weighted by atomic mass is 15.1. The fourth-order valence-corrected chi connectivity index (χ4v) is 11.7. The van der Waals surface area contributed by atoms with Crippen LogP contribution in [0.3, 0.4) is 0 Å². The van der Waals surface area contributed by atoms with E-state index in [9.17, 15) is 0 Å². The van der Waals surface area contributed by atoms with E-state index >= 15 is 0 Å². The van der Waals surface area contributed by atoms with Gasteiger partial charge in [0, 0.05) is 11.4 Å². The van der Waals surface area contributed by atoms with Gasteiger partial charge in [0.15, 0.2) is 0 Å². The molecule has 12 rings (SSSR count). The van der Waals surface area contributed by atoms with Gasteiger partial charge in [-0.25, -0.2) is 0 Å². The maximum Gasteiger partial charge on any atom is 0.0713 e. The molecule has 308 valence electrons. The first-order chi connectivity index (χ1) is 31.8. The highest BCUT2D eigenvalue weighted by Gasteiger charge is 2.46. The lowest BCUT2D eigenvalue weighted by molar-refractivity contribution is 0.661. The molecule has 0 saturated heterocycles. The third kappa shape index (κ3) is 6.28. The fraction of sp³-hybridized carbons (Fsp3) is 0.143. The normalized spacial score (nSPS) is 14.5. The maximum atomic E-state index is 2.64. The Labute approximate surface area is 378 Å². The Morgan fingerprint density at radius 3 is 1.27 bits per heavy atom. The van der Waals surface area contributed by atoms with Crippen molar-refractivity contribution in [3.8, 4) is 44.5 Å². The number of benzene rings is 9. The van der Waals surface area contributed by atoms with Gasteiger partial charge in [-0.05, 0) is 171 Å². The van der Waals surface area contributed by atoms with Crippen LogP contribution in [0.15, 0.2) is 212 Å². The summed E-state index contributed by atoms with van der Waals surface area (Å²) in [7, 11) is 0. The molecule has 0 aliphatic heterocycles. The van der Waals surface area contributed by atoms with Gasteiger partial charge in [-0.15, -0.1) is 0 Å². The molecule has 0 bridgehead atoms. The van der Waals surface area contributed by atoms with Crippen LogP contribution in [0.1, 0.15) is 70.2 Å². The molecule has 0 amide bonds. The predicted molar refractivity (Wildman–Crippen MR) is 268 cm³/mol. The molecule has 0 aromatic heterocycles. The number of hydrogen-bond acceptors (Lipinski definition) is 1. The Morgan fingerprint density at radius 1 is 0.312 bits per heavy atom. The van der Waals surface area contributed by atoms with E-state index in [4.69, 9.17) is 0 Å². The number of nitrogens with zero attached hydrogens (tertiary/aromatic N) is 1. The molecule has 0 radical (unpaired) electrons. The molecular weight excluding hydrogens is 771 g/mol. The van der Waals surface area contributed by atoms with Crippen molar-refractivity contribution in [2.75, 3.05) is 4.90 Å². The van der Waals surface area contributed by atoms with Crippen LogP contribution in [0.5, 0.6) is 0 Å². The summed E-state index contributed by atoms with van der Waals surface area (Å²) in [5.74, 6) is 0. The fourth-order valence-electron chi connectivity index (χ4n) is 11.7. The molecule has 3 aliphatic carbocycles. The zero-order valence-corrected chi connectivity index (χ0v) is 36.3. The van der Waals surface area contributed by atoms with E-state index in [1.807, 2.05) is 0 Å². The Bertz CT molecular complexity index is 3040. The van der Waals surface area contributed by atoms with Crippen molar-refractivity contribution >= 4 is 17.1 Å². The molecule has 3 aliphatic rings. The molecule has 1 heteroatoms. The summed E-state index contributed by atoms with van der Waals surface area (Å²) in [4.78, 5) is 2.64. The van der Waals surface area contributed by atoms with Gasteiger partial charge in [0.05, 0.1) is 11.1 Å². The Balaban J connectivity index is 1.03. The van der Waals surface area contributed by atoms with Gasteiger partial charge in [-0.2, -0.15) is 0 Å². The SMILES string of the molecule is c1ccc(-c2ccc(N(c3ccc(-c4ccc5c(c4)C(c4ccccc4)(c4ccccc4)c4ccccc4-5)cc3)c3c4c(c(-c5ccccc5)c5c3CCCC5)CCCC4)cc2)cc1. The van der Waals surface area contributed by atoms with Crippen LogP contribution in [0, 0.1) is 0 Å². The van der Waals surface area contributed by atoms with Crippen molar-refractivity contribution in [3.05, 3.63) is 257 Å². The zero-order valence-electron chi connectivity index (χ0n) is 36.3. The summed E-state index contributed by atoms with van der Waals surface area (Å²) in [6.45, 7) is 0. The molecule has 0 atom stereocenters. The molecule has 0 N–H and O–H groups in total. The summed E-state index contributed by atoms with van der Waals surface area (Å²) >= 11 is 0. The van der Waals surface area contributed by atoms with E-state index in [1.54, 1.807) is 22.3 Å². The van der Waals surface area contributed by atoms with Gasteiger partial charge in [0.1, 0.15) is 0 Å². The van der Waals surface area contributed by atoms with Crippen molar-refractivity contribution in [2.45, 2.75) is 56.8 Å². The van der Waals surface area contributed by atoms with Crippen molar-refractivity contribution in [2.24, 2.45) is 0 Å². The predicted octanol–water partition coefficient (Wildman–Crippen LogP) is 16.3. The monoisotopic (exact) mass is 821 g/mol. The zero-order chi connectivity index (χ0) is 42.5. The minimum atomic E-state index is -0.433. The summed E-state index contributed by atoms with van der Waals surface area (Å²) in [6, 6.07) is 79.4. The average Bonchev–Trinajstić information content (AvgIpc) is 3.68. The summed E-state index contributed by atoms with van der Waals surface area (Å²) in [5, 5.41) is 0. The minimum absolute atomic E-state index is 0.433. The van der Waals surface area contributed by atoms with Gasteiger partial charge in [-0.1, -0.05) is 182 Å². The molecule has 9 aromatic rings. The molecule has 0 fully saturated rings. The van der Waals surface area contributed by atoms with Crippen LogP contribution < -0.4 is 4.90 Å². The van der Waals surface area contributed by atoms with Gasteiger partial charge in [0.2, 0.25) is 0 Å². The van der Waals surface area contributed by atoms with Crippen LogP contribution in [0.2, 0.25) is 0 Å². The van der Waals surface area contributed by atoms with Crippen LogP contribution in [0.4, 0.5) is 17.1 Å². The molecular formula is C63H51N. The first-order valence-corrected chi connectivity index (χ1v) is 23.4. The summed E-state index contributed by atoms with van der Waals surface area (Å²) in [5.41, 5.74) is 25.4. The Morgan fingerprint density at radius 2 is 0.719 bits per heavy atom. The van der Waals surface area contributed by atoms with Gasteiger partial charge in [0.25, 0.3) is 0 Å². The quantitative estimate of drug-likeness (QED) is 0.148. The van der Waals surface area contributed by atoms with E-state index in [0.717, 1.165) is 25.7 Å². The van der Waals surface area contributed by atoms with E-state index in [1.165, 1.54) is 110 Å². The number of fused-ring (bicyclic) bond motifs is 5. The second-order valence-corrected chi connectivity index (χ2v) is 18.0. The average molecular weight is 822 g/mol. The van der Waals surface area contributed by atoms with Gasteiger partial charge < -0.3 is 4.90 Å². The van der Waals surface area contributed by atoms with E-state index in [2.05, 4.69) is 217 Å². The maximum absolute atomic E-state index is 2.64. The first kappa shape index (κ1) is 38.5. The molecule has 0 heterocycles. The molecule has 1 nitrogen and oxygen atoms in total. The molecule has 9 aromatic carbocycles. The van der Waals surface area contributed by atoms with Crippen LogP contribution in [-0.4, -0.2) is 0 Å². The lowest BCUT2D eigenvalue weighted by Gasteiger charge is -2.37.